The summed E-state index contributed by atoms with van der Waals surface area (Å²) in [4.78, 5) is 0. The number of nitrogens with zero attached hydrogens (tertiary/aromatic N) is 1. The first-order valence-corrected chi connectivity index (χ1v) is 5.16. The number of aryl methyl sites for hydroxylation is 1. The van der Waals surface area contributed by atoms with Crippen LogP contribution in [0.15, 0.2) is 24.3 Å². The van der Waals surface area contributed by atoms with Crippen molar-refractivity contribution in [2.24, 2.45) is 7.05 Å². The molecule has 0 amide bonds. The molecular weight excluding hydrogens is 231 g/mol. The summed E-state index contributed by atoms with van der Waals surface area (Å²) in [5.41, 5.74) is -0.1000. The third-order valence-electron chi connectivity index (χ3n) is 2.83. The molecular formula is C12H12F3NO. The fourth-order valence-corrected chi connectivity index (χ4v) is 2.07. The van der Waals surface area contributed by atoms with E-state index in [2.05, 4.69) is 0 Å². The van der Waals surface area contributed by atoms with Crippen LogP contribution in [-0.2, 0) is 13.2 Å². The predicted molar refractivity (Wildman–Crippen MR) is 58.6 cm³/mol. The van der Waals surface area contributed by atoms with E-state index in [1.165, 1.54) is 24.6 Å². The molecule has 0 aliphatic carbocycles. The lowest BCUT2D eigenvalue weighted by molar-refractivity contribution is -0.136. The van der Waals surface area contributed by atoms with E-state index in [1.54, 1.807) is 12.1 Å². The highest BCUT2D eigenvalue weighted by atomic mass is 19.4. The van der Waals surface area contributed by atoms with Crippen molar-refractivity contribution in [2.45, 2.75) is 19.2 Å². The Labute approximate surface area is 96.3 Å². The normalized spacial score (nSPS) is 14.2. The Morgan fingerprint density at radius 1 is 1.29 bits per heavy atom. The lowest BCUT2D eigenvalue weighted by Crippen LogP contribution is -2.08. The first-order chi connectivity index (χ1) is 7.82. The quantitative estimate of drug-likeness (QED) is 0.817. The number of hydrogen-bond donors (Lipinski definition) is 1. The van der Waals surface area contributed by atoms with Crippen LogP contribution in [0.5, 0.6) is 0 Å². The monoisotopic (exact) mass is 243 g/mol. The molecule has 2 nitrogen and oxygen atoms in total. The second-order valence-electron chi connectivity index (χ2n) is 4.05. The minimum Gasteiger partial charge on any atom is -0.387 e. The van der Waals surface area contributed by atoms with Gasteiger partial charge in [0.2, 0.25) is 0 Å². The molecule has 17 heavy (non-hydrogen) atoms. The summed E-state index contributed by atoms with van der Waals surface area (Å²) in [6.45, 7) is 1.53. The van der Waals surface area contributed by atoms with E-state index in [1.807, 2.05) is 0 Å². The Kier molecular flexibility index (Phi) is 2.66. The van der Waals surface area contributed by atoms with Gasteiger partial charge in [-0.15, -0.1) is 0 Å². The van der Waals surface area contributed by atoms with Crippen LogP contribution >= 0.6 is 0 Å². The summed E-state index contributed by atoms with van der Waals surface area (Å²) in [6, 6.07) is 5.61. The number of rotatable bonds is 1. The zero-order chi connectivity index (χ0) is 12.8. The van der Waals surface area contributed by atoms with Gasteiger partial charge in [-0.2, -0.15) is 13.2 Å². The molecule has 0 aliphatic heterocycles. The molecule has 1 atom stereocenters. The van der Waals surface area contributed by atoms with E-state index in [9.17, 15) is 18.3 Å². The first kappa shape index (κ1) is 12.0. The minimum atomic E-state index is -4.39. The number of aliphatic hydroxyl groups excluding tert-OH is 1. The first-order valence-electron chi connectivity index (χ1n) is 5.16. The van der Waals surface area contributed by atoms with Gasteiger partial charge >= 0.3 is 6.18 Å². The number of aliphatic hydroxyl groups is 1. The molecule has 1 aromatic heterocycles. The molecule has 1 heterocycles. The minimum absolute atomic E-state index is 0.107. The Morgan fingerprint density at radius 3 is 2.47 bits per heavy atom. The summed E-state index contributed by atoms with van der Waals surface area (Å²) in [5.74, 6) is 0. The van der Waals surface area contributed by atoms with Crippen molar-refractivity contribution in [1.82, 2.24) is 4.57 Å². The molecule has 0 saturated carbocycles. The van der Waals surface area contributed by atoms with Crippen molar-refractivity contribution >= 4 is 10.9 Å². The lowest BCUT2D eigenvalue weighted by Gasteiger charge is -2.11. The Morgan fingerprint density at radius 2 is 1.94 bits per heavy atom. The molecule has 0 fully saturated rings. The third kappa shape index (κ3) is 1.91. The van der Waals surface area contributed by atoms with Gasteiger partial charge in [0, 0.05) is 18.1 Å². The van der Waals surface area contributed by atoms with Crippen LogP contribution in [0.4, 0.5) is 13.2 Å². The Hall–Kier alpha value is -1.49. The van der Waals surface area contributed by atoms with Gasteiger partial charge < -0.3 is 9.67 Å². The van der Waals surface area contributed by atoms with Crippen molar-refractivity contribution < 1.29 is 18.3 Å². The van der Waals surface area contributed by atoms with Gasteiger partial charge in [0.1, 0.15) is 0 Å². The molecule has 1 N–H and O–H groups in total. The molecule has 5 heteroatoms. The SMILES string of the molecule is CC(O)c1cc2cccc(C(F)(F)F)c2n1C. The van der Waals surface area contributed by atoms with Crippen LogP contribution < -0.4 is 0 Å². The van der Waals surface area contributed by atoms with Gasteiger partial charge in [0.25, 0.3) is 0 Å². The maximum Gasteiger partial charge on any atom is 0.418 e. The molecule has 92 valence electrons. The van der Waals surface area contributed by atoms with Gasteiger partial charge in [-0.3, -0.25) is 0 Å². The standard InChI is InChI=1S/C12H12F3NO/c1-7(17)10-6-8-4-3-5-9(12(13,14)15)11(8)16(10)2/h3-7,17H,1-2H3. The zero-order valence-corrected chi connectivity index (χ0v) is 9.42. The zero-order valence-electron chi connectivity index (χ0n) is 9.42. The lowest BCUT2D eigenvalue weighted by atomic mass is 10.1. The summed E-state index contributed by atoms with van der Waals surface area (Å²) in [6.07, 6.45) is -5.19. The number of aromatic nitrogens is 1. The molecule has 0 saturated heterocycles. The van der Waals surface area contributed by atoms with E-state index >= 15 is 0 Å². The van der Waals surface area contributed by atoms with Crippen molar-refractivity contribution in [3.8, 4) is 0 Å². The van der Waals surface area contributed by atoms with Crippen LogP contribution in [0.1, 0.15) is 24.3 Å². The fraction of sp³-hybridized carbons (Fsp3) is 0.333. The second-order valence-corrected chi connectivity index (χ2v) is 4.05. The van der Waals surface area contributed by atoms with Gasteiger partial charge in [0.15, 0.2) is 0 Å². The molecule has 0 bridgehead atoms. The summed E-state index contributed by atoms with van der Waals surface area (Å²) in [5, 5.41) is 9.98. The van der Waals surface area contributed by atoms with Crippen LogP contribution in [0, 0.1) is 0 Å². The van der Waals surface area contributed by atoms with E-state index in [4.69, 9.17) is 0 Å². The van der Waals surface area contributed by atoms with Gasteiger partial charge in [-0.25, -0.2) is 0 Å². The Bertz CT molecular complexity index is 555. The average molecular weight is 243 g/mol. The molecule has 1 unspecified atom stereocenters. The van der Waals surface area contributed by atoms with E-state index in [0.29, 0.717) is 11.1 Å². The van der Waals surface area contributed by atoms with Crippen LogP contribution in [0.2, 0.25) is 0 Å². The van der Waals surface area contributed by atoms with Gasteiger partial charge in [-0.05, 0) is 19.1 Å². The predicted octanol–water partition coefficient (Wildman–Crippen LogP) is 3.25. The summed E-state index contributed by atoms with van der Waals surface area (Å²) >= 11 is 0. The van der Waals surface area contributed by atoms with E-state index in [0.717, 1.165) is 6.07 Å². The van der Waals surface area contributed by atoms with Crippen molar-refractivity contribution in [3.05, 3.63) is 35.5 Å². The van der Waals surface area contributed by atoms with Gasteiger partial charge in [0.05, 0.1) is 17.2 Å². The molecule has 2 aromatic rings. The van der Waals surface area contributed by atoms with E-state index < -0.39 is 17.8 Å². The maximum atomic E-state index is 12.8. The number of para-hydroxylation sites is 1. The fourth-order valence-electron chi connectivity index (χ4n) is 2.07. The molecule has 0 radical (unpaired) electrons. The highest BCUT2D eigenvalue weighted by Gasteiger charge is 2.33. The molecule has 0 aliphatic rings. The number of benzene rings is 1. The topological polar surface area (TPSA) is 25.2 Å². The van der Waals surface area contributed by atoms with Crippen molar-refractivity contribution in [3.63, 3.8) is 0 Å². The summed E-state index contributed by atoms with van der Waals surface area (Å²) in [7, 11) is 1.53. The average Bonchev–Trinajstić information content (AvgIpc) is 2.55. The number of alkyl halides is 3. The van der Waals surface area contributed by atoms with Crippen LogP contribution in [0.25, 0.3) is 10.9 Å². The largest absolute Gasteiger partial charge is 0.418 e. The van der Waals surface area contributed by atoms with Gasteiger partial charge in [-0.1, -0.05) is 12.1 Å². The molecule has 2 rings (SSSR count). The third-order valence-corrected chi connectivity index (χ3v) is 2.83. The maximum absolute atomic E-state index is 12.8. The highest BCUT2D eigenvalue weighted by Crippen LogP contribution is 2.36. The molecule has 1 aromatic carbocycles. The van der Waals surface area contributed by atoms with Crippen LogP contribution in [0.3, 0.4) is 0 Å². The van der Waals surface area contributed by atoms with Crippen LogP contribution in [-0.4, -0.2) is 9.67 Å². The molecule has 0 spiro atoms. The number of fused-ring (bicyclic) bond motifs is 1. The number of hydrogen-bond acceptors (Lipinski definition) is 1. The summed E-state index contributed by atoms with van der Waals surface area (Å²) < 4.78 is 39.9. The second kappa shape index (κ2) is 3.77. The van der Waals surface area contributed by atoms with E-state index in [-0.39, 0.29) is 5.52 Å². The van der Waals surface area contributed by atoms with Crippen molar-refractivity contribution in [2.75, 3.05) is 0 Å². The highest BCUT2D eigenvalue weighted by molar-refractivity contribution is 5.85. The number of halogens is 3. The van der Waals surface area contributed by atoms with Crippen molar-refractivity contribution in [1.29, 1.82) is 0 Å². The Balaban J connectivity index is 2.80. The smallest absolute Gasteiger partial charge is 0.387 e.